The molecule has 0 radical (unpaired) electrons. The van der Waals surface area contributed by atoms with Crippen LogP contribution in [-0.2, 0) is 11.2 Å². The highest BCUT2D eigenvalue weighted by Gasteiger charge is 2.32. The number of aromatic amines is 1. The van der Waals surface area contributed by atoms with Crippen LogP contribution in [0.15, 0.2) is 42.5 Å². The number of nitrogens with zero attached hydrogens (tertiary/aromatic N) is 2. The molecule has 1 fully saturated rings. The molecule has 1 aliphatic heterocycles. The molecule has 4 rings (SSSR count). The molecule has 1 amide bonds. The van der Waals surface area contributed by atoms with Gasteiger partial charge in [0.25, 0.3) is 0 Å². The summed E-state index contributed by atoms with van der Waals surface area (Å²) in [6.07, 6.45) is 1.71. The molecule has 0 bridgehead atoms. The largest absolute Gasteiger partial charge is 0.340 e. The third-order valence-electron chi connectivity index (χ3n) is 4.69. The molecule has 1 saturated heterocycles. The van der Waals surface area contributed by atoms with Gasteiger partial charge in [0.05, 0.1) is 23.5 Å². The molecule has 0 saturated carbocycles. The number of likely N-dealkylation sites (tertiary alicyclic amines) is 1. The van der Waals surface area contributed by atoms with Crippen LogP contribution in [0.2, 0.25) is 5.02 Å². The van der Waals surface area contributed by atoms with Crippen LogP contribution >= 0.6 is 11.6 Å². The Bertz CT molecular complexity index is 886. The second-order valence-corrected chi connectivity index (χ2v) is 6.67. The molecule has 6 heteroatoms. The molecule has 0 unspecified atom stereocenters. The Labute approximate surface area is 149 Å². The Morgan fingerprint density at radius 3 is 2.92 bits per heavy atom. The minimum absolute atomic E-state index is 0.0394. The van der Waals surface area contributed by atoms with Crippen LogP contribution in [-0.4, -0.2) is 27.3 Å². The van der Waals surface area contributed by atoms with Crippen LogP contribution in [0.3, 0.4) is 0 Å². The van der Waals surface area contributed by atoms with Gasteiger partial charge >= 0.3 is 0 Å². The van der Waals surface area contributed by atoms with E-state index in [4.69, 9.17) is 11.6 Å². The predicted octanol–water partition coefficient (Wildman–Crippen LogP) is 4.26. The zero-order chi connectivity index (χ0) is 17.4. The molecule has 3 aromatic rings. The van der Waals surface area contributed by atoms with Gasteiger partial charge in [-0.1, -0.05) is 29.8 Å². The first-order valence-electron chi connectivity index (χ1n) is 8.30. The van der Waals surface area contributed by atoms with Crippen molar-refractivity contribution in [3.8, 4) is 0 Å². The van der Waals surface area contributed by atoms with Crippen molar-refractivity contribution < 1.29 is 9.18 Å². The fourth-order valence-electron chi connectivity index (χ4n) is 3.43. The molecular formula is C19H17ClFN3O. The summed E-state index contributed by atoms with van der Waals surface area (Å²) in [6, 6.07) is 12.2. The second kappa shape index (κ2) is 6.48. The lowest BCUT2D eigenvalue weighted by Crippen LogP contribution is -2.32. The quantitative estimate of drug-likeness (QED) is 0.761. The SMILES string of the molecule is O=C(Cc1c(F)cccc1Cl)N1CCC[C@H]1c1nc2ccccc2[nH]1. The molecule has 1 atom stereocenters. The predicted molar refractivity (Wildman–Crippen MR) is 94.9 cm³/mol. The number of halogens is 2. The van der Waals surface area contributed by atoms with E-state index < -0.39 is 5.82 Å². The van der Waals surface area contributed by atoms with Gasteiger partial charge in [0, 0.05) is 17.1 Å². The van der Waals surface area contributed by atoms with E-state index in [1.807, 2.05) is 24.3 Å². The summed E-state index contributed by atoms with van der Waals surface area (Å²) < 4.78 is 14.0. The Balaban J connectivity index is 1.59. The number of imidazole rings is 1. The minimum Gasteiger partial charge on any atom is -0.340 e. The standard InChI is InChI=1S/C19H17ClFN3O/c20-13-5-3-6-14(21)12(13)11-18(25)24-10-4-9-17(24)19-22-15-7-1-2-8-16(15)23-19/h1-3,5-8,17H,4,9-11H2,(H,22,23)/t17-/m0/s1. The summed E-state index contributed by atoms with van der Waals surface area (Å²) in [5, 5.41) is 0.285. The maximum atomic E-state index is 14.0. The molecule has 2 heterocycles. The smallest absolute Gasteiger partial charge is 0.227 e. The molecule has 25 heavy (non-hydrogen) atoms. The number of nitrogens with one attached hydrogen (secondary N) is 1. The van der Waals surface area contributed by atoms with Gasteiger partial charge in [-0.05, 0) is 37.1 Å². The highest BCUT2D eigenvalue weighted by atomic mass is 35.5. The first-order chi connectivity index (χ1) is 12.1. The van der Waals surface area contributed by atoms with Gasteiger partial charge in [0.15, 0.2) is 0 Å². The highest BCUT2D eigenvalue weighted by Crippen LogP contribution is 2.32. The number of hydrogen-bond donors (Lipinski definition) is 1. The second-order valence-electron chi connectivity index (χ2n) is 6.26. The number of hydrogen-bond acceptors (Lipinski definition) is 2. The number of amides is 1. The van der Waals surface area contributed by atoms with Gasteiger partial charge in [0.2, 0.25) is 5.91 Å². The van der Waals surface area contributed by atoms with Crippen LogP contribution in [0.1, 0.15) is 30.3 Å². The van der Waals surface area contributed by atoms with Gasteiger partial charge in [-0.25, -0.2) is 9.37 Å². The average Bonchev–Trinajstić information content (AvgIpc) is 3.24. The lowest BCUT2D eigenvalue weighted by molar-refractivity contribution is -0.131. The molecule has 0 spiro atoms. The van der Waals surface area contributed by atoms with Gasteiger partial charge in [-0.2, -0.15) is 0 Å². The number of aromatic nitrogens is 2. The van der Waals surface area contributed by atoms with E-state index in [9.17, 15) is 9.18 Å². The van der Waals surface area contributed by atoms with E-state index in [1.165, 1.54) is 6.07 Å². The fourth-order valence-corrected chi connectivity index (χ4v) is 3.66. The van der Waals surface area contributed by atoms with Gasteiger partial charge in [-0.3, -0.25) is 4.79 Å². The van der Waals surface area contributed by atoms with Crippen LogP contribution in [0.25, 0.3) is 11.0 Å². The van der Waals surface area contributed by atoms with Crippen molar-refractivity contribution in [2.24, 2.45) is 0 Å². The number of benzene rings is 2. The lowest BCUT2D eigenvalue weighted by atomic mass is 10.1. The molecule has 1 aliphatic rings. The molecule has 2 aromatic carbocycles. The zero-order valence-corrected chi connectivity index (χ0v) is 14.3. The molecular weight excluding hydrogens is 341 g/mol. The van der Waals surface area contributed by atoms with Crippen LogP contribution in [0.4, 0.5) is 4.39 Å². The van der Waals surface area contributed by atoms with Crippen molar-refractivity contribution in [3.63, 3.8) is 0 Å². The van der Waals surface area contributed by atoms with Crippen molar-refractivity contribution in [3.05, 3.63) is 64.7 Å². The summed E-state index contributed by atoms with van der Waals surface area (Å²) >= 11 is 6.06. The van der Waals surface area contributed by atoms with E-state index in [-0.39, 0.29) is 29.0 Å². The Morgan fingerprint density at radius 2 is 2.12 bits per heavy atom. The van der Waals surface area contributed by atoms with E-state index in [0.717, 1.165) is 29.7 Å². The number of carbonyl (C=O) groups excluding carboxylic acids is 1. The van der Waals surface area contributed by atoms with Gasteiger partial charge < -0.3 is 9.88 Å². The van der Waals surface area contributed by atoms with Crippen LogP contribution < -0.4 is 0 Å². The third kappa shape index (κ3) is 3.00. The highest BCUT2D eigenvalue weighted by molar-refractivity contribution is 6.31. The van der Waals surface area contributed by atoms with E-state index in [1.54, 1.807) is 17.0 Å². The van der Waals surface area contributed by atoms with E-state index in [2.05, 4.69) is 9.97 Å². The fraction of sp³-hybridized carbons (Fsp3) is 0.263. The summed E-state index contributed by atoms with van der Waals surface area (Å²) in [6.45, 7) is 0.645. The monoisotopic (exact) mass is 357 g/mol. The first kappa shape index (κ1) is 16.1. The molecule has 1 N–H and O–H groups in total. The van der Waals surface area contributed by atoms with Crippen molar-refractivity contribution in [2.75, 3.05) is 6.54 Å². The van der Waals surface area contributed by atoms with Crippen molar-refractivity contribution >= 4 is 28.5 Å². The summed E-state index contributed by atoms with van der Waals surface area (Å²) in [5.74, 6) is 0.210. The maximum Gasteiger partial charge on any atom is 0.227 e. The number of rotatable bonds is 3. The van der Waals surface area contributed by atoms with Crippen molar-refractivity contribution in [1.29, 1.82) is 0 Å². The summed E-state index contributed by atoms with van der Waals surface area (Å²) in [5.41, 5.74) is 2.09. The Kier molecular flexibility index (Phi) is 4.17. The van der Waals surface area contributed by atoms with Gasteiger partial charge in [-0.15, -0.1) is 0 Å². The average molecular weight is 358 g/mol. The zero-order valence-electron chi connectivity index (χ0n) is 13.5. The van der Waals surface area contributed by atoms with E-state index in [0.29, 0.717) is 6.54 Å². The number of H-pyrrole nitrogens is 1. The van der Waals surface area contributed by atoms with Crippen LogP contribution in [0.5, 0.6) is 0 Å². The summed E-state index contributed by atoms with van der Waals surface area (Å²) in [7, 11) is 0. The number of fused-ring (bicyclic) bond motifs is 1. The number of carbonyl (C=O) groups is 1. The Hall–Kier alpha value is -2.40. The summed E-state index contributed by atoms with van der Waals surface area (Å²) in [4.78, 5) is 22.5. The normalized spacial score (nSPS) is 17.4. The van der Waals surface area contributed by atoms with Gasteiger partial charge in [0.1, 0.15) is 11.6 Å². The van der Waals surface area contributed by atoms with Crippen molar-refractivity contribution in [1.82, 2.24) is 14.9 Å². The van der Waals surface area contributed by atoms with Crippen LogP contribution in [0, 0.1) is 5.82 Å². The lowest BCUT2D eigenvalue weighted by Gasteiger charge is -2.23. The minimum atomic E-state index is -0.444. The topological polar surface area (TPSA) is 49.0 Å². The van der Waals surface area contributed by atoms with E-state index >= 15 is 0 Å². The number of para-hydroxylation sites is 2. The molecule has 0 aliphatic carbocycles. The molecule has 4 nitrogen and oxygen atoms in total. The van der Waals surface area contributed by atoms with Crippen molar-refractivity contribution in [2.45, 2.75) is 25.3 Å². The Morgan fingerprint density at radius 1 is 1.28 bits per heavy atom. The third-order valence-corrected chi connectivity index (χ3v) is 5.04. The first-order valence-corrected chi connectivity index (χ1v) is 8.68. The maximum absolute atomic E-state index is 14.0. The molecule has 128 valence electrons. The molecule has 1 aromatic heterocycles.